The first-order chi connectivity index (χ1) is 8.33. The Morgan fingerprint density at radius 2 is 1.94 bits per heavy atom. The molecule has 0 aliphatic carbocycles. The SMILES string of the molecule is CSCCCCNC(C)CCc1ccccc1. The van der Waals surface area contributed by atoms with Crippen LogP contribution in [0.25, 0.3) is 0 Å². The molecular weight excluding hydrogens is 226 g/mol. The maximum atomic E-state index is 3.60. The van der Waals surface area contributed by atoms with Crippen molar-refractivity contribution in [3.63, 3.8) is 0 Å². The Morgan fingerprint density at radius 3 is 2.65 bits per heavy atom. The zero-order valence-corrected chi connectivity index (χ0v) is 11.9. The first-order valence-corrected chi connectivity index (χ1v) is 7.98. The fraction of sp³-hybridized carbons (Fsp3) is 0.600. The molecule has 0 aromatic heterocycles. The highest BCUT2D eigenvalue weighted by Crippen LogP contribution is 2.05. The van der Waals surface area contributed by atoms with Gasteiger partial charge in [-0.3, -0.25) is 0 Å². The van der Waals surface area contributed by atoms with Crippen LogP contribution in [0.2, 0.25) is 0 Å². The third-order valence-electron chi connectivity index (χ3n) is 2.98. The Bertz CT molecular complexity index is 274. The average molecular weight is 251 g/mol. The van der Waals surface area contributed by atoms with Crippen molar-refractivity contribution >= 4 is 11.8 Å². The number of nitrogens with one attached hydrogen (secondary N) is 1. The Balaban J connectivity index is 2.03. The van der Waals surface area contributed by atoms with Crippen molar-refractivity contribution < 1.29 is 0 Å². The summed E-state index contributed by atoms with van der Waals surface area (Å²) in [5, 5.41) is 3.60. The lowest BCUT2D eigenvalue weighted by atomic mass is 10.1. The number of rotatable bonds is 9. The number of hydrogen-bond acceptors (Lipinski definition) is 2. The number of thioether (sulfide) groups is 1. The summed E-state index contributed by atoms with van der Waals surface area (Å²) >= 11 is 1.94. The van der Waals surface area contributed by atoms with E-state index in [1.54, 1.807) is 0 Å². The molecule has 1 rings (SSSR count). The minimum absolute atomic E-state index is 0.629. The minimum Gasteiger partial charge on any atom is -0.314 e. The van der Waals surface area contributed by atoms with E-state index < -0.39 is 0 Å². The minimum atomic E-state index is 0.629. The van der Waals surface area contributed by atoms with Gasteiger partial charge in [-0.05, 0) is 56.7 Å². The predicted octanol–water partition coefficient (Wildman–Crippen LogP) is 3.74. The van der Waals surface area contributed by atoms with Crippen molar-refractivity contribution in [1.82, 2.24) is 5.32 Å². The molecule has 1 atom stereocenters. The highest BCUT2D eigenvalue weighted by molar-refractivity contribution is 7.98. The van der Waals surface area contributed by atoms with Crippen molar-refractivity contribution in [2.75, 3.05) is 18.6 Å². The van der Waals surface area contributed by atoms with E-state index in [0.717, 1.165) is 6.54 Å². The van der Waals surface area contributed by atoms with E-state index in [1.807, 2.05) is 11.8 Å². The normalized spacial score (nSPS) is 12.6. The number of benzene rings is 1. The second kappa shape index (κ2) is 9.55. The van der Waals surface area contributed by atoms with Crippen molar-refractivity contribution in [3.8, 4) is 0 Å². The van der Waals surface area contributed by atoms with E-state index in [0.29, 0.717) is 6.04 Å². The molecule has 0 saturated carbocycles. The van der Waals surface area contributed by atoms with Crippen LogP contribution < -0.4 is 5.32 Å². The van der Waals surface area contributed by atoms with E-state index in [4.69, 9.17) is 0 Å². The molecule has 0 aliphatic rings. The van der Waals surface area contributed by atoms with Crippen LogP contribution in [0.15, 0.2) is 30.3 Å². The molecule has 0 radical (unpaired) electrons. The molecule has 1 unspecified atom stereocenters. The third-order valence-corrected chi connectivity index (χ3v) is 3.67. The summed E-state index contributed by atoms with van der Waals surface area (Å²) in [7, 11) is 0. The van der Waals surface area contributed by atoms with Crippen LogP contribution in [-0.2, 0) is 6.42 Å². The maximum absolute atomic E-state index is 3.60. The maximum Gasteiger partial charge on any atom is 0.00418 e. The lowest BCUT2D eigenvalue weighted by molar-refractivity contribution is 0.505. The summed E-state index contributed by atoms with van der Waals surface area (Å²) in [5.41, 5.74) is 1.45. The molecule has 1 nitrogen and oxygen atoms in total. The van der Waals surface area contributed by atoms with Crippen molar-refractivity contribution in [3.05, 3.63) is 35.9 Å². The van der Waals surface area contributed by atoms with E-state index in [1.165, 1.54) is 37.0 Å². The van der Waals surface area contributed by atoms with Crippen LogP contribution in [0.4, 0.5) is 0 Å². The molecule has 1 aromatic rings. The van der Waals surface area contributed by atoms with E-state index >= 15 is 0 Å². The molecule has 0 fully saturated rings. The molecule has 96 valence electrons. The fourth-order valence-corrected chi connectivity index (χ4v) is 2.34. The van der Waals surface area contributed by atoms with Crippen LogP contribution >= 0.6 is 11.8 Å². The van der Waals surface area contributed by atoms with Crippen LogP contribution in [0.3, 0.4) is 0 Å². The predicted molar refractivity (Wildman–Crippen MR) is 79.8 cm³/mol. The van der Waals surface area contributed by atoms with Crippen LogP contribution in [0.1, 0.15) is 31.7 Å². The van der Waals surface area contributed by atoms with Crippen molar-refractivity contribution in [1.29, 1.82) is 0 Å². The first-order valence-electron chi connectivity index (χ1n) is 6.59. The van der Waals surface area contributed by atoms with E-state index in [2.05, 4.69) is 48.8 Å². The average Bonchev–Trinajstić information content (AvgIpc) is 2.37. The van der Waals surface area contributed by atoms with Crippen LogP contribution in [0, 0.1) is 0 Å². The third kappa shape index (κ3) is 7.45. The Morgan fingerprint density at radius 1 is 1.18 bits per heavy atom. The lowest BCUT2D eigenvalue weighted by Crippen LogP contribution is -2.27. The fourth-order valence-electron chi connectivity index (χ4n) is 1.85. The molecule has 0 spiro atoms. The van der Waals surface area contributed by atoms with Crippen molar-refractivity contribution in [2.24, 2.45) is 0 Å². The molecule has 0 amide bonds. The van der Waals surface area contributed by atoms with E-state index in [9.17, 15) is 0 Å². The van der Waals surface area contributed by atoms with Gasteiger partial charge in [0, 0.05) is 6.04 Å². The number of unbranched alkanes of at least 4 members (excludes halogenated alkanes) is 1. The van der Waals surface area contributed by atoms with E-state index in [-0.39, 0.29) is 0 Å². The largest absolute Gasteiger partial charge is 0.314 e. The quantitative estimate of drug-likeness (QED) is 0.671. The van der Waals surface area contributed by atoms with Gasteiger partial charge >= 0.3 is 0 Å². The van der Waals surface area contributed by atoms with Gasteiger partial charge in [0.1, 0.15) is 0 Å². The smallest absolute Gasteiger partial charge is 0.00418 e. The molecule has 17 heavy (non-hydrogen) atoms. The van der Waals surface area contributed by atoms with Gasteiger partial charge in [0.2, 0.25) is 0 Å². The second-order valence-corrected chi connectivity index (χ2v) is 5.56. The van der Waals surface area contributed by atoms with Gasteiger partial charge in [0.25, 0.3) is 0 Å². The summed E-state index contributed by atoms with van der Waals surface area (Å²) in [5.74, 6) is 1.29. The van der Waals surface area contributed by atoms with Gasteiger partial charge in [-0.25, -0.2) is 0 Å². The Hall–Kier alpha value is -0.470. The molecular formula is C15H25NS. The summed E-state index contributed by atoms with van der Waals surface area (Å²) in [6, 6.07) is 11.4. The summed E-state index contributed by atoms with van der Waals surface area (Å²) in [6.07, 6.45) is 7.22. The molecule has 1 aromatic carbocycles. The van der Waals surface area contributed by atoms with Gasteiger partial charge in [0.05, 0.1) is 0 Å². The highest BCUT2D eigenvalue weighted by atomic mass is 32.2. The summed E-state index contributed by atoms with van der Waals surface area (Å²) < 4.78 is 0. The molecule has 0 bridgehead atoms. The van der Waals surface area contributed by atoms with Gasteiger partial charge in [-0.1, -0.05) is 30.3 Å². The van der Waals surface area contributed by atoms with Gasteiger partial charge in [-0.15, -0.1) is 0 Å². The molecule has 1 N–H and O–H groups in total. The first kappa shape index (κ1) is 14.6. The zero-order valence-electron chi connectivity index (χ0n) is 11.1. The second-order valence-electron chi connectivity index (χ2n) is 4.58. The number of hydrogen-bond donors (Lipinski definition) is 1. The monoisotopic (exact) mass is 251 g/mol. The Labute approximate surface area is 110 Å². The summed E-state index contributed by atoms with van der Waals surface area (Å²) in [6.45, 7) is 3.45. The van der Waals surface area contributed by atoms with Crippen LogP contribution in [-0.4, -0.2) is 24.6 Å². The molecule has 0 heterocycles. The molecule has 2 heteroatoms. The topological polar surface area (TPSA) is 12.0 Å². The molecule has 0 aliphatic heterocycles. The highest BCUT2D eigenvalue weighted by Gasteiger charge is 2.01. The zero-order chi connectivity index (χ0) is 12.3. The molecule has 0 saturated heterocycles. The lowest BCUT2D eigenvalue weighted by Gasteiger charge is -2.13. The van der Waals surface area contributed by atoms with Gasteiger partial charge < -0.3 is 5.32 Å². The summed E-state index contributed by atoms with van der Waals surface area (Å²) in [4.78, 5) is 0. The standard InChI is InChI=1S/C15H25NS/c1-14(16-12-6-7-13-17-2)10-11-15-8-4-3-5-9-15/h3-5,8-9,14,16H,6-7,10-13H2,1-2H3. The van der Waals surface area contributed by atoms with Gasteiger partial charge in [0.15, 0.2) is 0 Å². The van der Waals surface area contributed by atoms with Crippen molar-refractivity contribution in [2.45, 2.75) is 38.6 Å². The number of aryl methyl sites for hydroxylation is 1. The van der Waals surface area contributed by atoms with Gasteiger partial charge in [-0.2, -0.15) is 11.8 Å². The Kier molecular flexibility index (Phi) is 8.20. The van der Waals surface area contributed by atoms with Crippen LogP contribution in [0.5, 0.6) is 0 Å².